The molecule has 0 N–H and O–H groups in total. The van der Waals surface area contributed by atoms with E-state index in [0.717, 1.165) is 101 Å². The quantitative estimate of drug-likeness (QED) is 0.105. The molecule has 7 aliphatic rings. The zero-order valence-corrected chi connectivity index (χ0v) is 68.6. The highest BCUT2D eigenvalue weighted by molar-refractivity contribution is 5.85. The first-order valence-corrected chi connectivity index (χ1v) is 39.3. The number of hydrogen-bond acceptors (Lipinski definition) is 7. The van der Waals surface area contributed by atoms with Crippen molar-refractivity contribution in [3.05, 3.63) is 62.0 Å². The first-order valence-electron chi connectivity index (χ1n) is 39.3. The van der Waals surface area contributed by atoms with Crippen LogP contribution in [0.15, 0.2) is 49.1 Å². The Morgan fingerprint density at radius 2 is 1.08 bits per heavy atom. The molecule has 0 radical (unpaired) electrons. The summed E-state index contributed by atoms with van der Waals surface area (Å²) in [6.45, 7) is 75.0. The molecule has 0 aromatic carbocycles. The van der Waals surface area contributed by atoms with Crippen molar-refractivity contribution in [3.63, 3.8) is 0 Å². The van der Waals surface area contributed by atoms with Crippen LogP contribution in [-0.2, 0) is 33.6 Å². The molecule has 0 aromatic rings. The third kappa shape index (κ3) is 30.5. The smallest absolute Gasteiger partial charge is 0.141 e. The molecule has 7 nitrogen and oxygen atoms in total. The Kier molecular flexibility index (Phi) is 39.1. The zero-order valence-electron chi connectivity index (χ0n) is 68.6. The molecule has 0 aromatic heterocycles. The van der Waals surface area contributed by atoms with Crippen molar-refractivity contribution in [2.45, 2.75) is 335 Å². The lowest BCUT2D eigenvalue weighted by atomic mass is 9.55. The van der Waals surface area contributed by atoms with Crippen molar-refractivity contribution in [1.29, 1.82) is 0 Å². The average Bonchev–Trinajstić information content (AvgIpc) is 0.806. The third-order valence-electron chi connectivity index (χ3n) is 25.0. The van der Waals surface area contributed by atoms with E-state index in [1.165, 1.54) is 56.1 Å². The Morgan fingerprint density at radius 1 is 0.577 bits per heavy atom. The Labute approximate surface area is 601 Å². The number of carbonyl (C=O) groups excluding carboxylic acids is 7. The van der Waals surface area contributed by atoms with Gasteiger partial charge in [-0.2, -0.15) is 0 Å². The van der Waals surface area contributed by atoms with Crippen LogP contribution in [0, 0.1) is 146 Å². The second-order valence-electron chi connectivity index (χ2n) is 37.8. The maximum absolute atomic E-state index is 12.4. The monoisotopic (exact) mass is 1350 g/mol. The zero-order chi connectivity index (χ0) is 75.1. The van der Waals surface area contributed by atoms with Crippen molar-refractivity contribution in [2.75, 3.05) is 0 Å². The fourth-order valence-electron chi connectivity index (χ4n) is 18.8. The lowest BCUT2D eigenvalue weighted by molar-refractivity contribution is -0.134. The molecule has 7 aliphatic carbocycles. The van der Waals surface area contributed by atoms with E-state index < -0.39 is 0 Å². The van der Waals surface area contributed by atoms with Crippen molar-refractivity contribution >= 4 is 40.5 Å². The van der Waals surface area contributed by atoms with Crippen LogP contribution in [0.4, 0.5) is 0 Å². The minimum atomic E-state index is 0.0707. The summed E-state index contributed by atoms with van der Waals surface area (Å²) in [7, 11) is 0. The van der Waals surface area contributed by atoms with E-state index in [1.54, 1.807) is 13.8 Å². The molecule has 16 atom stereocenters. The Morgan fingerprint density at radius 3 is 1.55 bits per heavy atom. The lowest BCUT2D eigenvalue weighted by Crippen LogP contribution is -2.44. The number of allylic oxidation sites excluding steroid dienone is 4. The van der Waals surface area contributed by atoms with Crippen molar-refractivity contribution in [3.8, 4) is 0 Å². The number of rotatable bonds is 17. The molecule has 0 saturated heterocycles. The van der Waals surface area contributed by atoms with Gasteiger partial charge in [0.1, 0.15) is 53.3 Å². The molecule has 7 rings (SSSR count). The van der Waals surface area contributed by atoms with E-state index in [-0.39, 0.29) is 34.0 Å². The highest BCUT2D eigenvalue weighted by atomic mass is 16.1. The van der Waals surface area contributed by atoms with Gasteiger partial charge >= 0.3 is 0 Å². The number of Topliss-reactive ketones (excluding diaryl/α,β-unsaturated/α-hetero) is 7. The van der Waals surface area contributed by atoms with Crippen molar-refractivity contribution < 1.29 is 33.6 Å². The Hall–Kier alpha value is -3.61. The van der Waals surface area contributed by atoms with Gasteiger partial charge in [0.15, 0.2) is 0 Å². The largest absolute Gasteiger partial charge is 0.300 e. The van der Waals surface area contributed by atoms with Gasteiger partial charge < -0.3 is 9.59 Å². The first-order chi connectivity index (χ1) is 44.5. The second-order valence-corrected chi connectivity index (χ2v) is 37.8. The van der Waals surface area contributed by atoms with Gasteiger partial charge in [-0.25, -0.2) is 0 Å². The number of carbonyl (C=O) groups is 7. The van der Waals surface area contributed by atoms with E-state index in [0.29, 0.717) is 148 Å². The van der Waals surface area contributed by atoms with E-state index in [1.807, 2.05) is 19.9 Å². The molecule has 0 spiro atoms. The number of hydrogen-bond donors (Lipinski definition) is 0. The summed E-state index contributed by atoms with van der Waals surface area (Å²) in [5.41, 5.74) is 4.85. The van der Waals surface area contributed by atoms with Crippen LogP contribution in [0.5, 0.6) is 0 Å². The summed E-state index contributed by atoms with van der Waals surface area (Å²) < 4.78 is 0. The fraction of sp³-hybridized carbons (Fsp3) is 0.811. The van der Waals surface area contributed by atoms with Crippen molar-refractivity contribution in [1.82, 2.24) is 0 Å². The molecule has 0 bridgehead atoms. The van der Waals surface area contributed by atoms with E-state index >= 15 is 0 Å². The van der Waals surface area contributed by atoms with E-state index in [4.69, 9.17) is 0 Å². The van der Waals surface area contributed by atoms with Gasteiger partial charge in [-0.1, -0.05) is 204 Å². The lowest BCUT2D eigenvalue weighted by Gasteiger charge is -2.50. The predicted molar refractivity (Wildman–Crippen MR) is 416 cm³/mol. The maximum Gasteiger partial charge on any atom is 0.141 e. The van der Waals surface area contributed by atoms with Crippen LogP contribution in [-0.4, -0.2) is 40.5 Å². The van der Waals surface area contributed by atoms with Crippen LogP contribution >= 0.6 is 0 Å². The Bertz CT molecular complexity index is 2520. The molecular formula is C90H156O7+2. The first kappa shape index (κ1) is 91.4. The molecule has 0 aliphatic heterocycles. The SMILES string of the molecule is C=C(C)C1CC(=O)C(C)C(C)C1.C=C1C[CH+]CC(C)(C)C1C(=O)CC(C)C.C=C1C[CH+]CC(C)(C)C1C(C)CC(C)=O.C=CCCC(=O)C1CC(C)(C)CCC1C.CC(=O)CC(C)C1C(C)CCC(C)C1(C)C.CC(C)CC(=O)C1C(C)CCC(C)C1(C)C.CC1CCCC(=O)C1. The highest BCUT2D eigenvalue weighted by Gasteiger charge is 2.48. The summed E-state index contributed by atoms with van der Waals surface area (Å²) >= 11 is 0. The highest BCUT2D eigenvalue weighted by Crippen LogP contribution is 2.53. The summed E-state index contributed by atoms with van der Waals surface area (Å²) in [6.07, 6.45) is 29.6. The van der Waals surface area contributed by atoms with Gasteiger partial charge in [-0.3, -0.25) is 24.0 Å². The van der Waals surface area contributed by atoms with Gasteiger partial charge in [0.05, 0.1) is 31.6 Å². The van der Waals surface area contributed by atoms with E-state index in [9.17, 15) is 33.6 Å². The Balaban J connectivity index is 0.000000570. The van der Waals surface area contributed by atoms with Gasteiger partial charge in [0.2, 0.25) is 0 Å². The molecule has 7 heteroatoms. The van der Waals surface area contributed by atoms with Crippen LogP contribution in [0.3, 0.4) is 0 Å². The van der Waals surface area contributed by atoms with Gasteiger partial charge in [-0.15, -0.1) is 6.58 Å². The third-order valence-corrected chi connectivity index (χ3v) is 25.0. The van der Waals surface area contributed by atoms with Crippen LogP contribution in [0.25, 0.3) is 0 Å². The molecule has 556 valence electrons. The van der Waals surface area contributed by atoms with Crippen LogP contribution in [0.2, 0.25) is 0 Å². The predicted octanol–water partition coefficient (Wildman–Crippen LogP) is 24.8. The molecule has 0 amide bonds. The fourth-order valence-corrected chi connectivity index (χ4v) is 18.8. The second kappa shape index (κ2) is 41.5. The standard InChI is InChI=1S/2C15H28O.2C14H23O.C14H24O.C11H18O.C7H12O/c1-10-7-8-12(3)15(5,6)14(10)11(2)9-13(4)16;1-10(2)9-13(16)14-11(3)7-8-12(4)15(14,5)6;1-10-7-6-8-14(4,5)13(10)11(2)9-12(3)15;1-10(2)9-12(15)13-11(3)7-6-8-14(13,4)5;1-5-6-7-13(15)12-10-14(3,4)9-8-11(12)2;1-7(2)10-5-8(3)9(4)11(12)6-10;1-6-3-2-4-7(8)5-6/h2*10-12,14H,7-9H2,1-6H3;6,11,13H,1,7-9H2,2-5H3;6,10,13H,3,7-9H2,1-2,4-5H3;5,11-12H,1,6-10H2,2-4H3;8-10H,1,5-6H2,2-4H3;6H,2-5H2,1H3/q;;2*+1;;;. The van der Waals surface area contributed by atoms with Gasteiger partial charge in [-0.05, 0) is 195 Å². The topological polar surface area (TPSA) is 119 Å². The molecule has 7 fully saturated rings. The molecule has 0 heterocycles. The minimum Gasteiger partial charge on any atom is -0.300 e. The van der Waals surface area contributed by atoms with E-state index in [2.05, 4.69) is 198 Å². The number of ketones is 7. The van der Waals surface area contributed by atoms with Gasteiger partial charge in [0, 0.05) is 80.0 Å². The maximum atomic E-state index is 12.4. The van der Waals surface area contributed by atoms with Crippen LogP contribution in [0.1, 0.15) is 335 Å². The summed E-state index contributed by atoms with van der Waals surface area (Å²) in [5, 5.41) is 0. The molecule has 16 unspecified atom stereocenters. The van der Waals surface area contributed by atoms with Crippen molar-refractivity contribution in [2.24, 2.45) is 134 Å². The van der Waals surface area contributed by atoms with Crippen LogP contribution < -0.4 is 0 Å². The minimum absolute atomic E-state index is 0.0707. The molecular weight excluding hydrogens is 1190 g/mol. The molecule has 97 heavy (non-hydrogen) atoms. The van der Waals surface area contributed by atoms with Gasteiger partial charge in [0.25, 0.3) is 0 Å². The normalized spacial score (nSPS) is 31.2. The molecule has 7 saturated carbocycles. The summed E-state index contributed by atoms with van der Waals surface area (Å²) in [5.74, 6) is 11.9. The summed E-state index contributed by atoms with van der Waals surface area (Å²) in [6, 6.07) is 0. The summed E-state index contributed by atoms with van der Waals surface area (Å²) in [4.78, 5) is 81.2. The average molecular weight is 1350 g/mol.